The first-order valence-corrected chi connectivity index (χ1v) is 10.9. The van der Waals surface area contributed by atoms with Gasteiger partial charge in [0.2, 0.25) is 5.91 Å². The molecule has 0 spiro atoms. The van der Waals surface area contributed by atoms with Crippen LogP contribution in [-0.2, 0) is 27.7 Å². The molecule has 7 nitrogen and oxygen atoms in total. The molecule has 1 aromatic rings. The Balaban J connectivity index is 1.51. The largest absolute Gasteiger partial charge is 0.338 e. The van der Waals surface area contributed by atoms with E-state index in [1.54, 1.807) is 11.1 Å². The Morgan fingerprint density at radius 1 is 1.32 bits per heavy atom. The van der Waals surface area contributed by atoms with Crippen LogP contribution in [0.25, 0.3) is 0 Å². The van der Waals surface area contributed by atoms with Gasteiger partial charge in [0.15, 0.2) is 9.84 Å². The summed E-state index contributed by atoms with van der Waals surface area (Å²) in [5.41, 5.74) is 0. The molecule has 0 aromatic carbocycles. The average Bonchev–Trinajstić information content (AvgIpc) is 3.20. The lowest BCUT2D eigenvalue weighted by Crippen LogP contribution is -2.45. The van der Waals surface area contributed by atoms with Gasteiger partial charge >= 0.3 is 0 Å². The molecule has 3 rings (SSSR count). The Labute approximate surface area is 149 Å². The first-order chi connectivity index (χ1) is 11.9. The van der Waals surface area contributed by atoms with Gasteiger partial charge in [-0.15, -0.1) is 0 Å². The van der Waals surface area contributed by atoms with Crippen LogP contribution in [0.15, 0.2) is 12.4 Å². The predicted octanol–water partition coefficient (Wildman–Crippen LogP) is 0.761. The number of aryl methyl sites for hydroxylation is 1. The summed E-state index contributed by atoms with van der Waals surface area (Å²) in [6, 6.07) is 0.149. The summed E-state index contributed by atoms with van der Waals surface area (Å²) in [6.45, 7) is 5.06. The molecule has 25 heavy (non-hydrogen) atoms. The number of carbonyl (C=O) groups excluding carboxylic acids is 1. The van der Waals surface area contributed by atoms with Gasteiger partial charge in [0.25, 0.3) is 0 Å². The Morgan fingerprint density at radius 3 is 2.64 bits per heavy atom. The van der Waals surface area contributed by atoms with Gasteiger partial charge in [-0.2, -0.15) is 0 Å². The third kappa shape index (κ3) is 4.23. The predicted molar refractivity (Wildman–Crippen MR) is 95.7 cm³/mol. The zero-order valence-electron chi connectivity index (χ0n) is 15.1. The molecule has 1 atom stereocenters. The van der Waals surface area contributed by atoms with E-state index >= 15 is 0 Å². The molecule has 1 aromatic heterocycles. The second kappa shape index (κ2) is 7.45. The fraction of sp³-hybridized carbons (Fsp3) is 0.765. The van der Waals surface area contributed by atoms with Crippen LogP contribution in [0.2, 0.25) is 0 Å². The van der Waals surface area contributed by atoms with E-state index in [2.05, 4.69) is 16.8 Å². The quantitative estimate of drug-likeness (QED) is 0.767. The zero-order valence-corrected chi connectivity index (χ0v) is 15.9. The van der Waals surface area contributed by atoms with Crippen LogP contribution in [-0.4, -0.2) is 71.4 Å². The van der Waals surface area contributed by atoms with Gasteiger partial charge in [0, 0.05) is 37.9 Å². The molecular weight excluding hydrogens is 340 g/mol. The summed E-state index contributed by atoms with van der Waals surface area (Å²) in [6.07, 6.45) is 6.05. The maximum atomic E-state index is 12.7. The SMILES string of the molecule is CCn1ccnc1CN(C)C(=O)C1CCN([C@H]2CCS(=O)(=O)C2)CC1. The van der Waals surface area contributed by atoms with E-state index in [0.717, 1.165) is 44.7 Å². The van der Waals surface area contributed by atoms with Crippen molar-refractivity contribution in [2.45, 2.75) is 45.3 Å². The van der Waals surface area contributed by atoms with Gasteiger partial charge in [-0.05, 0) is 39.3 Å². The van der Waals surface area contributed by atoms with E-state index < -0.39 is 9.84 Å². The molecule has 2 saturated heterocycles. The lowest BCUT2D eigenvalue weighted by molar-refractivity contribution is -0.136. The number of carbonyl (C=O) groups is 1. The van der Waals surface area contributed by atoms with Crippen LogP contribution >= 0.6 is 0 Å². The number of piperidine rings is 1. The maximum Gasteiger partial charge on any atom is 0.225 e. The summed E-state index contributed by atoms with van der Waals surface area (Å²) in [7, 11) is -1.01. The summed E-state index contributed by atoms with van der Waals surface area (Å²) in [5, 5.41) is 0. The Morgan fingerprint density at radius 2 is 2.04 bits per heavy atom. The van der Waals surface area contributed by atoms with E-state index in [1.807, 2.05) is 17.8 Å². The second-order valence-electron chi connectivity index (χ2n) is 7.19. The van der Waals surface area contributed by atoms with Crippen LogP contribution in [0.4, 0.5) is 0 Å². The van der Waals surface area contributed by atoms with Gasteiger partial charge in [-0.3, -0.25) is 9.69 Å². The molecule has 1 amide bonds. The van der Waals surface area contributed by atoms with Crippen molar-refractivity contribution in [2.75, 3.05) is 31.6 Å². The van der Waals surface area contributed by atoms with E-state index in [1.165, 1.54) is 0 Å². The van der Waals surface area contributed by atoms with Crippen molar-refractivity contribution in [3.63, 3.8) is 0 Å². The highest BCUT2D eigenvalue weighted by atomic mass is 32.2. The summed E-state index contributed by atoms with van der Waals surface area (Å²) in [5.74, 6) is 1.70. The lowest BCUT2D eigenvalue weighted by atomic mass is 9.94. The molecule has 0 saturated carbocycles. The van der Waals surface area contributed by atoms with Gasteiger partial charge in [0.05, 0.1) is 18.1 Å². The number of imidazole rings is 1. The summed E-state index contributed by atoms with van der Waals surface area (Å²) >= 11 is 0. The van der Waals surface area contributed by atoms with Crippen molar-refractivity contribution in [1.29, 1.82) is 0 Å². The smallest absolute Gasteiger partial charge is 0.225 e. The lowest BCUT2D eigenvalue weighted by Gasteiger charge is -2.36. The third-order valence-electron chi connectivity index (χ3n) is 5.50. The monoisotopic (exact) mass is 368 g/mol. The number of aromatic nitrogens is 2. The maximum absolute atomic E-state index is 12.7. The normalized spacial score (nSPS) is 24.5. The Kier molecular flexibility index (Phi) is 5.48. The molecule has 0 aliphatic carbocycles. The average molecular weight is 369 g/mol. The minimum absolute atomic E-state index is 0.0318. The number of rotatable bonds is 5. The van der Waals surface area contributed by atoms with Crippen LogP contribution in [0, 0.1) is 5.92 Å². The molecule has 0 radical (unpaired) electrons. The molecule has 2 fully saturated rings. The summed E-state index contributed by atoms with van der Waals surface area (Å²) in [4.78, 5) is 21.1. The molecule has 8 heteroatoms. The van der Waals surface area contributed by atoms with Gasteiger partial charge in [-0.25, -0.2) is 13.4 Å². The van der Waals surface area contributed by atoms with E-state index in [4.69, 9.17) is 0 Å². The molecule has 0 bridgehead atoms. The van der Waals surface area contributed by atoms with Crippen molar-refractivity contribution in [3.05, 3.63) is 18.2 Å². The van der Waals surface area contributed by atoms with E-state index in [0.29, 0.717) is 12.3 Å². The Hall–Kier alpha value is -1.41. The standard InChI is InChI=1S/C17H28N4O3S/c1-3-20-10-7-18-16(20)12-19(2)17(22)14-4-8-21(9-5-14)15-6-11-25(23,24)13-15/h7,10,14-15H,3-6,8-9,11-13H2,1-2H3/t15-/m0/s1. The number of amides is 1. The molecule has 0 unspecified atom stereocenters. The first-order valence-electron chi connectivity index (χ1n) is 9.09. The number of likely N-dealkylation sites (tertiary alicyclic amines) is 1. The fourth-order valence-corrected chi connectivity index (χ4v) is 5.72. The Bertz CT molecular complexity index is 707. The molecule has 2 aliphatic rings. The summed E-state index contributed by atoms with van der Waals surface area (Å²) < 4.78 is 25.4. The first kappa shape index (κ1) is 18.4. The number of sulfone groups is 1. The fourth-order valence-electron chi connectivity index (χ4n) is 3.96. The van der Waals surface area contributed by atoms with Crippen molar-refractivity contribution in [2.24, 2.45) is 5.92 Å². The van der Waals surface area contributed by atoms with Crippen molar-refractivity contribution in [1.82, 2.24) is 19.4 Å². The van der Waals surface area contributed by atoms with Crippen LogP contribution in [0.1, 0.15) is 32.0 Å². The minimum atomic E-state index is -2.85. The zero-order chi connectivity index (χ0) is 18.0. The van der Waals surface area contributed by atoms with Crippen molar-refractivity contribution in [3.8, 4) is 0 Å². The minimum Gasteiger partial charge on any atom is -0.338 e. The van der Waals surface area contributed by atoms with Crippen molar-refractivity contribution >= 4 is 15.7 Å². The van der Waals surface area contributed by atoms with Crippen LogP contribution < -0.4 is 0 Å². The van der Waals surface area contributed by atoms with E-state index in [9.17, 15) is 13.2 Å². The van der Waals surface area contributed by atoms with Crippen LogP contribution in [0.5, 0.6) is 0 Å². The van der Waals surface area contributed by atoms with Crippen LogP contribution in [0.3, 0.4) is 0 Å². The molecule has 3 heterocycles. The van der Waals surface area contributed by atoms with E-state index in [-0.39, 0.29) is 23.6 Å². The molecular formula is C17H28N4O3S. The highest BCUT2D eigenvalue weighted by Crippen LogP contribution is 2.25. The molecule has 2 aliphatic heterocycles. The third-order valence-corrected chi connectivity index (χ3v) is 7.25. The van der Waals surface area contributed by atoms with Gasteiger partial charge < -0.3 is 9.47 Å². The number of nitrogens with zero attached hydrogens (tertiary/aromatic N) is 4. The second-order valence-corrected chi connectivity index (χ2v) is 9.42. The molecule has 0 N–H and O–H groups in total. The number of hydrogen-bond acceptors (Lipinski definition) is 5. The van der Waals surface area contributed by atoms with Crippen molar-refractivity contribution < 1.29 is 13.2 Å². The number of hydrogen-bond donors (Lipinski definition) is 0. The van der Waals surface area contributed by atoms with Gasteiger partial charge in [-0.1, -0.05) is 0 Å². The topological polar surface area (TPSA) is 75.5 Å². The van der Waals surface area contributed by atoms with Gasteiger partial charge in [0.1, 0.15) is 5.82 Å². The highest BCUT2D eigenvalue weighted by Gasteiger charge is 2.35. The highest BCUT2D eigenvalue weighted by molar-refractivity contribution is 7.91. The molecule has 140 valence electrons.